The first kappa shape index (κ1) is 65.5. The Kier molecular flexibility index (Phi) is 32.7. The molecule has 2 aromatic heterocycles. The molecule has 9 aromatic rings. The fraction of sp³-hybridized carbons (Fsp3) is 0.111. The van der Waals surface area contributed by atoms with Gasteiger partial charge in [-0.3, -0.25) is 9.59 Å². The first-order valence-electron chi connectivity index (χ1n) is 21.2. The molecule has 0 saturated heterocycles. The number of rotatable bonds is 10. The van der Waals surface area contributed by atoms with Gasteiger partial charge >= 0.3 is 50.5 Å². The number of ether oxygens (including phenoxy) is 1. The normalized spacial score (nSPS) is 9.81. The molecular weight excluding hydrogens is 1630 g/mol. The van der Waals surface area contributed by atoms with Crippen molar-refractivity contribution >= 4 is 133 Å². The third kappa shape index (κ3) is 21.9. The van der Waals surface area contributed by atoms with Gasteiger partial charge in [-0.1, -0.05) is 44.2 Å². The standard InChI is InChI=1S/C15H13FO3.C15H11FO2.C14H9FO2.C8H8O3.C2H6.I3.I2.HI/c16-14-4-1-11(2-5-14)10-19-15-6-3-12(8-17)7-13(15)9-18;16-13-4-2-11(3-5-13)15-8-12-7-10(9-17)1-6-14(12)18-15;15-11-3-1-9(2-4-11)14-8-10-7-12(16)5-6-13(10)17-14;9-4-6-1-2-8(11)7(3-6)5-10;1-2;1-3-2;1-2;/h1-7,9,17H,8,10H2;1-8,17H,9H2;1-8,16H;1-3,5,9,11H,4H2;1-2H3;;;1H/q;;;;;-1;;. The molecule has 10 nitrogen and oxygen atoms in total. The van der Waals surface area contributed by atoms with Crippen molar-refractivity contribution in [2.24, 2.45) is 0 Å². The number of fused-ring (bicyclic) bond motifs is 2. The molecule has 5 N–H and O–H groups in total. The summed E-state index contributed by atoms with van der Waals surface area (Å²) in [5.74, 6) is 1.09. The number of carbonyl (C=O) groups excluding carboxylic acids is 2. The maximum atomic E-state index is 12.8. The van der Waals surface area contributed by atoms with E-state index in [9.17, 15) is 27.9 Å². The summed E-state index contributed by atoms with van der Waals surface area (Å²) in [5.41, 5.74) is 6.60. The van der Waals surface area contributed by atoms with Crippen molar-refractivity contribution in [1.29, 1.82) is 0 Å². The first-order valence-corrected chi connectivity index (χ1v) is 40.1. The number of halogens is 9. The maximum absolute atomic E-state index is 12.8. The van der Waals surface area contributed by atoms with Crippen molar-refractivity contribution in [2.45, 2.75) is 40.3 Å². The minimum atomic E-state index is -0.301. The fourth-order valence-corrected chi connectivity index (χ4v) is 6.19. The molecule has 7 aromatic carbocycles. The second-order valence-electron chi connectivity index (χ2n) is 14.3. The molecule has 0 saturated carbocycles. The van der Waals surface area contributed by atoms with Crippen LogP contribution in [0.4, 0.5) is 13.2 Å². The zero-order chi connectivity index (χ0) is 53.0. The first-order chi connectivity index (χ1) is 34.9. The van der Waals surface area contributed by atoms with Crippen LogP contribution in [-0.4, -0.2) is 38.1 Å². The molecule has 0 aliphatic rings. The van der Waals surface area contributed by atoms with Crippen LogP contribution in [0.2, 0.25) is 0 Å². The Labute approximate surface area is 490 Å². The third-order valence-electron chi connectivity index (χ3n) is 9.61. The van der Waals surface area contributed by atoms with Crippen LogP contribution < -0.4 is 18.0 Å². The van der Waals surface area contributed by atoms with Gasteiger partial charge in [-0.25, -0.2) is 13.2 Å². The molecule has 0 unspecified atom stereocenters. The Morgan fingerprint density at radius 1 is 0.521 bits per heavy atom. The van der Waals surface area contributed by atoms with E-state index in [1.165, 1.54) is 48.5 Å². The van der Waals surface area contributed by atoms with Crippen LogP contribution in [0.15, 0.2) is 167 Å². The van der Waals surface area contributed by atoms with Crippen LogP contribution in [0.1, 0.15) is 56.8 Å². The van der Waals surface area contributed by atoms with E-state index in [0.717, 1.165) is 38.6 Å². The van der Waals surface area contributed by atoms with Gasteiger partial charge in [0.1, 0.15) is 64.0 Å². The number of aromatic hydroxyl groups is 2. The Morgan fingerprint density at radius 2 is 0.904 bits per heavy atom. The second-order valence-corrected chi connectivity index (χ2v) is 30.5. The van der Waals surface area contributed by atoms with Crippen molar-refractivity contribution in [3.8, 4) is 39.9 Å². The number of aliphatic hydroxyl groups excluding tert-OH is 3. The van der Waals surface area contributed by atoms with Crippen LogP contribution in [-0.2, 0) is 26.4 Å². The minimum Gasteiger partial charge on any atom is -0.508 e. The number of hydrogen-bond acceptors (Lipinski definition) is 10. The molecule has 2 heterocycles. The Bertz CT molecular complexity index is 3030. The summed E-state index contributed by atoms with van der Waals surface area (Å²) >= 11 is 9.54. The molecule has 0 radical (unpaired) electrons. The van der Waals surface area contributed by atoms with E-state index in [-0.39, 0.29) is 84.9 Å². The number of aldehydes is 2. The van der Waals surface area contributed by atoms with E-state index in [2.05, 4.69) is 74.5 Å². The number of benzene rings is 7. The molecule has 0 fully saturated rings. The van der Waals surface area contributed by atoms with Gasteiger partial charge < -0.3 is 39.1 Å². The Hall–Kier alpha value is -3.59. The molecule has 0 atom stereocenters. The summed E-state index contributed by atoms with van der Waals surface area (Å²) in [6.45, 7) is 4.01. The van der Waals surface area contributed by atoms with E-state index >= 15 is 0 Å². The van der Waals surface area contributed by atoms with Crippen LogP contribution in [0.5, 0.6) is 17.2 Å². The summed E-state index contributed by atoms with van der Waals surface area (Å²) in [5, 5.41) is 46.8. The molecule has 0 spiro atoms. The SMILES string of the molecule is CC.I.II.I[I-]I.O=Cc1cc(CO)ccc1O.O=Cc1cc(CO)ccc1OCc1ccc(F)cc1.OCc1ccc2oc(-c3ccc(F)cc3)cc2c1.Oc1ccc2oc(-c3ccc(F)cc3)cc2c1. The fourth-order valence-electron chi connectivity index (χ4n) is 6.19. The van der Waals surface area contributed by atoms with E-state index < -0.39 is 0 Å². The van der Waals surface area contributed by atoms with Gasteiger partial charge in [0, 0.05) is 59.1 Å². The van der Waals surface area contributed by atoms with Crippen molar-refractivity contribution in [1.82, 2.24) is 0 Å². The Balaban J connectivity index is 0.000000323. The van der Waals surface area contributed by atoms with Crippen molar-refractivity contribution in [3.63, 3.8) is 0 Å². The van der Waals surface area contributed by atoms with E-state index in [0.29, 0.717) is 65.4 Å². The number of furan rings is 2. The predicted octanol–water partition coefficient (Wildman–Crippen LogP) is 13.3. The average Bonchev–Trinajstić information content (AvgIpc) is 4.05. The number of phenolic OH excluding ortho intramolecular Hbond substituents is 2. The van der Waals surface area contributed by atoms with Crippen LogP contribution in [0.3, 0.4) is 0 Å². The van der Waals surface area contributed by atoms with Gasteiger partial charge in [-0.15, -0.1) is 24.0 Å². The number of hydrogen-bond donors (Lipinski definition) is 5. The summed E-state index contributed by atoms with van der Waals surface area (Å²) < 4.78 is 55.2. The van der Waals surface area contributed by atoms with Crippen LogP contribution in [0.25, 0.3) is 44.6 Å². The number of aliphatic hydroxyl groups is 3. The van der Waals surface area contributed by atoms with Gasteiger partial charge in [0.25, 0.3) is 0 Å². The van der Waals surface area contributed by atoms with E-state index in [1.807, 2.05) is 44.2 Å². The topological polar surface area (TPSA) is 171 Å². The molecule has 19 heteroatoms. The van der Waals surface area contributed by atoms with Gasteiger partial charge in [-0.05, 0) is 150 Å². The maximum Gasteiger partial charge on any atom is 0.153 e. The molecule has 0 aliphatic carbocycles. The zero-order valence-electron chi connectivity index (χ0n) is 38.7. The summed E-state index contributed by atoms with van der Waals surface area (Å²) in [6, 6.07) is 41.7. The van der Waals surface area contributed by atoms with Crippen LogP contribution in [0, 0.1) is 17.5 Å². The van der Waals surface area contributed by atoms with Gasteiger partial charge in [0.05, 0.1) is 30.9 Å². The molecule has 73 heavy (non-hydrogen) atoms. The summed E-state index contributed by atoms with van der Waals surface area (Å²) in [7, 11) is 0. The van der Waals surface area contributed by atoms with Gasteiger partial charge in [0.15, 0.2) is 12.6 Å². The monoisotopic (exact) mass is 1670 g/mol. The van der Waals surface area contributed by atoms with Crippen molar-refractivity contribution < 1.29 is 75.1 Å². The second kappa shape index (κ2) is 36.4. The number of phenols is 2. The molecule has 0 bridgehead atoms. The average molecular weight is 1680 g/mol. The zero-order valence-corrected chi connectivity index (χ0v) is 51.8. The summed E-state index contributed by atoms with van der Waals surface area (Å²) in [6.07, 6.45) is 1.23. The van der Waals surface area contributed by atoms with Gasteiger partial charge in [-0.2, -0.15) is 0 Å². The predicted molar refractivity (Wildman–Crippen MR) is 322 cm³/mol. The largest absolute Gasteiger partial charge is 0.508 e. The molecule has 388 valence electrons. The quantitative estimate of drug-likeness (QED) is 0.0656. The van der Waals surface area contributed by atoms with E-state index in [4.69, 9.17) is 34.0 Å². The van der Waals surface area contributed by atoms with Crippen molar-refractivity contribution in [2.75, 3.05) is 0 Å². The third-order valence-corrected chi connectivity index (χ3v) is 9.61. The minimum absolute atomic E-state index is 0. The Morgan fingerprint density at radius 3 is 1.37 bits per heavy atom. The summed E-state index contributed by atoms with van der Waals surface area (Å²) in [4.78, 5) is 21.2. The van der Waals surface area contributed by atoms with E-state index in [1.54, 1.807) is 78.9 Å². The molecule has 0 amide bonds. The smallest absolute Gasteiger partial charge is 0.153 e. The molecular formula is C54H48F3I6O10-. The van der Waals surface area contributed by atoms with Gasteiger partial charge in [0.2, 0.25) is 0 Å². The van der Waals surface area contributed by atoms with Crippen LogP contribution >= 0.6 is 98.4 Å². The number of carbonyl (C=O) groups is 2. The molecule has 0 aliphatic heterocycles. The van der Waals surface area contributed by atoms with Crippen molar-refractivity contribution in [3.05, 3.63) is 209 Å². The molecule has 9 rings (SSSR count).